The Morgan fingerprint density at radius 2 is 1.67 bits per heavy atom. The van der Waals surface area contributed by atoms with Crippen molar-refractivity contribution in [3.05, 3.63) is 71.3 Å². The van der Waals surface area contributed by atoms with Gasteiger partial charge in [0, 0.05) is 19.0 Å². The quantitative estimate of drug-likeness (QED) is 0.169. The van der Waals surface area contributed by atoms with Crippen LogP contribution in [0.2, 0.25) is 0 Å². The smallest absolute Gasteiger partial charge is 0.412 e. The van der Waals surface area contributed by atoms with E-state index in [-0.39, 0.29) is 37.3 Å². The summed E-state index contributed by atoms with van der Waals surface area (Å²) in [6.45, 7) is 1.69. The van der Waals surface area contributed by atoms with Crippen molar-refractivity contribution < 1.29 is 48.0 Å². The number of ether oxygens (including phenoxy) is 5. The van der Waals surface area contributed by atoms with Crippen LogP contribution < -0.4 is 34.9 Å². The highest BCUT2D eigenvalue weighted by Crippen LogP contribution is 2.50. The molecule has 13 heteroatoms. The molecule has 0 aliphatic heterocycles. The minimum Gasteiger partial charge on any atom is -0.493 e. The monoisotopic (exact) mass is 663 g/mol. The molecule has 3 aromatic carbocycles. The van der Waals surface area contributed by atoms with Crippen molar-refractivity contribution in [2.75, 3.05) is 27.9 Å². The molecule has 0 aromatic heterocycles. The number of unbranched alkanes of at least 4 members (excludes halogenated alkanes) is 1. The number of carbonyl (C=O) groups is 4. The van der Waals surface area contributed by atoms with Crippen LogP contribution in [0, 0.1) is 0 Å². The summed E-state index contributed by atoms with van der Waals surface area (Å²) in [5.74, 6) is 0.349. The predicted octanol–water partition coefficient (Wildman–Crippen LogP) is 5.14. The van der Waals surface area contributed by atoms with E-state index < -0.39 is 24.2 Å². The summed E-state index contributed by atoms with van der Waals surface area (Å²) in [5.41, 5.74) is 4.07. The van der Waals surface area contributed by atoms with E-state index in [2.05, 4.69) is 16.0 Å². The molecule has 256 valence electrons. The number of benzene rings is 3. The third-order valence-corrected chi connectivity index (χ3v) is 7.86. The summed E-state index contributed by atoms with van der Waals surface area (Å²) >= 11 is 0. The fourth-order valence-corrected chi connectivity index (χ4v) is 5.64. The van der Waals surface area contributed by atoms with Gasteiger partial charge in [0.05, 0.1) is 27.4 Å². The van der Waals surface area contributed by atoms with E-state index in [1.54, 1.807) is 38.5 Å². The highest BCUT2D eigenvalue weighted by atomic mass is 16.6. The van der Waals surface area contributed by atoms with E-state index in [9.17, 15) is 24.3 Å². The zero-order chi connectivity index (χ0) is 34.6. The Morgan fingerprint density at radius 1 is 0.917 bits per heavy atom. The number of aryl methyl sites for hydroxylation is 1. The van der Waals surface area contributed by atoms with Gasteiger partial charge in [0.2, 0.25) is 11.7 Å². The van der Waals surface area contributed by atoms with Gasteiger partial charge in [-0.05, 0) is 72.6 Å². The molecule has 13 nitrogen and oxygen atoms in total. The Kier molecular flexibility index (Phi) is 12.5. The van der Waals surface area contributed by atoms with Gasteiger partial charge in [0.25, 0.3) is 0 Å². The van der Waals surface area contributed by atoms with Gasteiger partial charge in [0.1, 0.15) is 18.4 Å². The Morgan fingerprint density at radius 3 is 2.33 bits per heavy atom. The fraction of sp³-hybridized carbons (Fsp3) is 0.371. The van der Waals surface area contributed by atoms with Gasteiger partial charge in [-0.25, -0.2) is 14.4 Å². The molecule has 0 saturated carbocycles. The number of carboxylic acid groups (broad SMARTS) is 1. The topological polar surface area (TPSA) is 171 Å². The van der Waals surface area contributed by atoms with Crippen molar-refractivity contribution in [2.45, 2.75) is 57.7 Å². The molecule has 0 fully saturated rings. The van der Waals surface area contributed by atoms with Gasteiger partial charge in [-0.15, -0.1) is 0 Å². The van der Waals surface area contributed by atoms with E-state index in [0.717, 1.165) is 27.8 Å². The first-order valence-electron chi connectivity index (χ1n) is 15.5. The van der Waals surface area contributed by atoms with Crippen LogP contribution in [0.4, 0.5) is 9.59 Å². The minimum absolute atomic E-state index is 0.0224. The average molecular weight is 664 g/mol. The second-order valence-electron chi connectivity index (χ2n) is 11.1. The first-order valence-corrected chi connectivity index (χ1v) is 15.5. The third-order valence-electron chi connectivity index (χ3n) is 7.86. The van der Waals surface area contributed by atoms with E-state index in [1.165, 1.54) is 14.0 Å². The second kappa shape index (κ2) is 16.9. The summed E-state index contributed by atoms with van der Waals surface area (Å²) in [6, 6.07) is 14.6. The number of alkyl carbamates (subject to hydrolysis) is 1. The van der Waals surface area contributed by atoms with Crippen molar-refractivity contribution >= 4 is 24.1 Å². The minimum atomic E-state index is -1.18. The molecule has 1 aliphatic rings. The zero-order valence-electron chi connectivity index (χ0n) is 27.4. The first kappa shape index (κ1) is 35.4. The number of carbonyl (C=O) groups excluding carboxylic acids is 3. The Labute approximate surface area is 278 Å². The highest BCUT2D eigenvalue weighted by Gasteiger charge is 2.30. The number of nitrogens with one attached hydrogen (secondary N) is 3. The number of hydrogen-bond donors (Lipinski definition) is 4. The Hall–Kier alpha value is -5.46. The number of rotatable bonds is 14. The molecule has 0 radical (unpaired) electrons. The molecule has 48 heavy (non-hydrogen) atoms. The molecule has 4 rings (SSSR count). The summed E-state index contributed by atoms with van der Waals surface area (Å²) in [7, 11) is 4.64. The van der Waals surface area contributed by atoms with Gasteiger partial charge in [0.15, 0.2) is 11.5 Å². The number of hydrogen-bond acceptors (Lipinski definition) is 9. The number of aliphatic carboxylic acids is 1. The standard InChI is InChI=1S/C35H41N3O10/c1-21(39)37-27-16-13-23-18-29(44-2)31(45-3)32(46-4)30(23)25-15-14-24(19-26(25)27)48-34(42)36-17-9-8-12-28(33(40)41)38-35(43)47-20-22-10-6-5-7-11-22/h5-7,10-11,14-15,18-19,27-28H,8-9,12-13,16-17,20H2,1-4H3,(H,36,42)(H,37,39)(H,38,43)(H,40,41)/t27-,28?/m0/s1. The lowest BCUT2D eigenvalue weighted by Crippen LogP contribution is -2.41. The van der Waals surface area contributed by atoms with Crippen molar-refractivity contribution in [3.63, 3.8) is 0 Å². The number of fused-ring (bicyclic) bond motifs is 3. The Balaban J connectivity index is 1.36. The van der Waals surface area contributed by atoms with Crippen LogP contribution in [0.15, 0.2) is 54.6 Å². The van der Waals surface area contributed by atoms with Gasteiger partial charge in [-0.3, -0.25) is 4.79 Å². The molecule has 1 unspecified atom stereocenters. The van der Waals surface area contributed by atoms with Gasteiger partial charge < -0.3 is 44.7 Å². The predicted molar refractivity (Wildman–Crippen MR) is 175 cm³/mol. The van der Waals surface area contributed by atoms with Gasteiger partial charge in [-0.2, -0.15) is 0 Å². The van der Waals surface area contributed by atoms with Crippen molar-refractivity contribution in [1.82, 2.24) is 16.0 Å². The molecule has 0 spiro atoms. The van der Waals surface area contributed by atoms with Crippen molar-refractivity contribution in [3.8, 4) is 34.1 Å². The maximum Gasteiger partial charge on any atom is 0.412 e. The second-order valence-corrected chi connectivity index (χ2v) is 11.1. The van der Waals surface area contributed by atoms with E-state index in [1.807, 2.05) is 30.3 Å². The maximum absolute atomic E-state index is 12.7. The van der Waals surface area contributed by atoms with Crippen molar-refractivity contribution in [2.24, 2.45) is 0 Å². The summed E-state index contributed by atoms with van der Waals surface area (Å²) in [6.07, 6.45) is 0.653. The maximum atomic E-state index is 12.7. The average Bonchev–Trinajstić information content (AvgIpc) is 3.22. The van der Waals surface area contributed by atoms with Crippen molar-refractivity contribution in [1.29, 1.82) is 0 Å². The highest BCUT2D eigenvalue weighted by molar-refractivity contribution is 5.84. The lowest BCUT2D eigenvalue weighted by atomic mass is 9.93. The summed E-state index contributed by atoms with van der Waals surface area (Å²) < 4.78 is 27.7. The molecular formula is C35H41N3O10. The summed E-state index contributed by atoms with van der Waals surface area (Å²) in [5, 5.41) is 17.6. The lowest BCUT2D eigenvalue weighted by molar-refractivity contribution is -0.139. The molecular weight excluding hydrogens is 622 g/mol. The van der Waals surface area contributed by atoms with Crippen LogP contribution >= 0.6 is 0 Å². The molecule has 3 aromatic rings. The molecule has 1 aliphatic carbocycles. The van der Waals surface area contributed by atoms with E-state index in [0.29, 0.717) is 42.9 Å². The first-order chi connectivity index (χ1) is 23.1. The molecule has 4 N–H and O–H groups in total. The molecule has 0 saturated heterocycles. The van der Waals surface area contributed by atoms with E-state index >= 15 is 0 Å². The fourth-order valence-electron chi connectivity index (χ4n) is 5.64. The number of amides is 3. The van der Waals surface area contributed by atoms with Crippen LogP contribution in [0.25, 0.3) is 11.1 Å². The van der Waals surface area contributed by atoms with Crippen LogP contribution in [-0.2, 0) is 27.4 Å². The SMILES string of the molecule is COc1cc2c(c(OC)c1OC)-c1ccc(OC(=O)NCCCCC(NC(=O)OCc3ccccc3)C(=O)O)cc1[C@@H](NC(C)=O)CC2. The third kappa shape index (κ3) is 9.08. The Bertz CT molecular complexity index is 1610. The van der Waals surface area contributed by atoms with E-state index in [4.69, 9.17) is 23.7 Å². The van der Waals surface area contributed by atoms with Crippen LogP contribution in [-0.4, -0.2) is 63.1 Å². The van der Waals surface area contributed by atoms with Gasteiger partial charge in [-0.1, -0.05) is 36.4 Å². The van der Waals surface area contributed by atoms with Gasteiger partial charge >= 0.3 is 18.2 Å². The lowest BCUT2D eigenvalue weighted by Gasteiger charge is -2.21. The number of methoxy groups -OCH3 is 3. The molecule has 0 heterocycles. The van der Waals surface area contributed by atoms with Crippen LogP contribution in [0.5, 0.6) is 23.0 Å². The molecule has 3 amide bonds. The summed E-state index contributed by atoms with van der Waals surface area (Å²) in [4.78, 5) is 48.6. The number of carboxylic acids is 1. The van der Waals surface area contributed by atoms with Crippen LogP contribution in [0.1, 0.15) is 55.3 Å². The molecule has 0 bridgehead atoms. The molecule has 2 atom stereocenters. The largest absolute Gasteiger partial charge is 0.493 e. The van der Waals surface area contributed by atoms with Crippen LogP contribution in [0.3, 0.4) is 0 Å². The zero-order valence-corrected chi connectivity index (χ0v) is 27.4. The normalized spacial score (nSPS) is 13.8.